The largest absolute Gasteiger partial charge is 0.369 e. The first-order chi connectivity index (χ1) is 7.98. The highest BCUT2D eigenvalue weighted by atomic mass is 35.5. The Morgan fingerprint density at radius 1 is 1.29 bits per heavy atom. The Hall–Kier alpha value is -0.870. The van der Waals surface area contributed by atoms with E-state index in [1.54, 1.807) is 12.1 Å². The first-order valence-electron chi connectivity index (χ1n) is 5.62. The summed E-state index contributed by atoms with van der Waals surface area (Å²) in [5.41, 5.74) is 0.711. The van der Waals surface area contributed by atoms with E-state index >= 15 is 0 Å². The standard InChI is InChI=1S/C12H15ClF2N2/c1-12(14,15)10-8-9(2-3-11(10)13)17-6-4-16-5-7-17/h2-3,8,16H,4-7H2,1H3. The highest BCUT2D eigenvalue weighted by Crippen LogP contribution is 2.35. The van der Waals surface area contributed by atoms with Crippen molar-refractivity contribution in [2.45, 2.75) is 12.8 Å². The van der Waals surface area contributed by atoms with Crippen molar-refractivity contribution in [3.05, 3.63) is 28.8 Å². The number of nitrogens with one attached hydrogen (secondary N) is 1. The molecule has 0 bridgehead atoms. The molecular formula is C12H15ClF2N2. The van der Waals surface area contributed by atoms with Gasteiger partial charge in [-0.1, -0.05) is 11.6 Å². The molecule has 1 aliphatic rings. The van der Waals surface area contributed by atoms with Crippen molar-refractivity contribution < 1.29 is 8.78 Å². The van der Waals surface area contributed by atoms with Gasteiger partial charge in [0, 0.05) is 49.4 Å². The van der Waals surface area contributed by atoms with Crippen molar-refractivity contribution in [1.29, 1.82) is 0 Å². The number of benzene rings is 1. The number of piperazine rings is 1. The van der Waals surface area contributed by atoms with Crippen LogP contribution in [-0.2, 0) is 5.92 Å². The zero-order valence-corrected chi connectivity index (χ0v) is 10.4. The Morgan fingerprint density at radius 2 is 1.94 bits per heavy atom. The lowest BCUT2D eigenvalue weighted by atomic mass is 10.1. The average Bonchev–Trinajstić information content (AvgIpc) is 2.29. The Bertz CT molecular complexity index is 398. The fourth-order valence-corrected chi connectivity index (χ4v) is 2.25. The second-order valence-corrected chi connectivity index (χ2v) is 4.70. The van der Waals surface area contributed by atoms with Crippen LogP contribution in [0, 0.1) is 0 Å². The van der Waals surface area contributed by atoms with Gasteiger partial charge in [-0.2, -0.15) is 0 Å². The topological polar surface area (TPSA) is 15.3 Å². The van der Waals surface area contributed by atoms with Gasteiger partial charge in [0.2, 0.25) is 0 Å². The van der Waals surface area contributed by atoms with E-state index in [1.165, 1.54) is 6.07 Å². The van der Waals surface area contributed by atoms with Gasteiger partial charge in [-0.3, -0.25) is 0 Å². The number of rotatable bonds is 2. The number of hydrogen-bond donors (Lipinski definition) is 1. The summed E-state index contributed by atoms with van der Waals surface area (Å²) in [4.78, 5) is 2.09. The van der Waals surface area contributed by atoms with Gasteiger partial charge in [-0.25, -0.2) is 8.78 Å². The van der Waals surface area contributed by atoms with E-state index in [0.29, 0.717) is 0 Å². The molecule has 1 N–H and O–H groups in total. The van der Waals surface area contributed by atoms with Gasteiger partial charge >= 0.3 is 0 Å². The fraction of sp³-hybridized carbons (Fsp3) is 0.500. The Balaban J connectivity index is 2.30. The van der Waals surface area contributed by atoms with Gasteiger partial charge < -0.3 is 10.2 Å². The smallest absolute Gasteiger partial charge is 0.272 e. The van der Waals surface area contributed by atoms with Crippen LogP contribution in [-0.4, -0.2) is 26.2 Å². The first kappa shape index (κ1) is 12.6. The van der Waals surface area contributed by atoms with Crippen LogP contribution >= 0.6 is 11.6 Å². The van der Waals surface area contributed by atoms with Gasteiger partial charge in [0.05, 0.1) is 0 Å². The van der Waals surface area contributed by atoms with Crippen molar-refractivity contribution in [2.75, 3.05) is 31.1 Å². The van der Waals surface area contributed by atoms with Crippen LogP contribution in [0.2, 0.25) is 5.02 Å². The van der Waals surface area contributed by atoms with E-state index in [-0.39, 0.29) is 10.6 Å². The molecule has 0 radical (unpaired) electrons. The number of anilines is 1. The maximum atomic E-state index is 13.3. The second kappa shape index (κ2) is 4.78. The maximum Gasteiger partial charge on any atom is 0.272 e. The van der Waals surface area contributed by atoms with Crippen molar-refractivity contribution in [3.8, 4) is 0 Å². The second-order valence-electron chi connectivity index (χ2n) is 4.29. The van der Waals surface area contributed by atoms with E-state index in [9.17, 15) is 8.78 Å². The lowest BCUT2D eigenvalue weighted by Gasteiger charge is -2.30. The summed E-state index contributed by atoms with van der Waals surface area (Å²) in [5, 5.41) is 3.35. The first-order valence-corrected chi connectivity index (χ1v) is 6.00. The minimum Gasteiger partial charge on any atom is -0.369 e. The lowest BCUT2D eigenvalue weighted by Crippen LogP contribution is -2.43. The molecule has 0 unspecified atom stereocenters. The van der Waals surface area contributed by atoms with Gasteiger partial charge in [0.15, 0.2) is 0 Å². The van der Waals surface area contributed by atoms with Crippen LogP contribution in [0.25, 0.3) is 0 Å². The predicted molar refractivity (Wildman–Crippen MR) is 66.1 cm³/mol. The molecule has 2 nitrogen and oxygen atoms in total. The molecule has 0 amide bonds. The summed E-state index contributed by atoms with van der Waals surface area (Å²) in [6.07, 6.45) is 0. The summed E-state index contributed by atoms with van der Waals surface area (Å²) < 4.78 is 26.7. The zero-order chi connectivity index (χ0) is 12.5. The summed E-state index contributed by atoms with van der Waals surface area (Å²) in [7, 11) is 0. The van der Waals surface area contributed by atoms with Crippen LogP contribution in [0.3, 0.4) is 0 Å². The third-order valence-electron chi connectivity index (χ3n) is 2.91. The van der Waals surface area contributed by atoms with E-state index in [0.717, 1.165) is 38.8 Å². The summed E-state index contributed by atoms with van der Waals surface area (Å²) in [5.74, 6) is -2.90. The SMILES string of the molecule is CC(F)(F)c1cc(N2CCNCC2)ccc1Cl. The van der Waals surface area contributed by atoms with E-state index in [4.69, 9.17) is 11.6 Å². The number of hydrogen-bond acceptors (Lipinski definition) is 2. The third kappa shape index (κ3) is 2.87. The minimum absolute atomic E-state index is 0.102. The summed E-state index contributed by atoms with van der Waals surface area (Å²) >= 11 is 5.81. The minimum atomic E-state index is -2.90. The molecule has 1 aliphatic heterocycles. The number of alkyl halides is 2. The van der Waals surface area contributed by atoms with Crippen LogP contribution in [0.15, 0.2) is 18.2 Å². The van der Waals surface area contributed by atoms with Gasteiger partial charge in [0.1, 0.15) is 0 Å². The molecule has 1 aromatic rings. The molecule has 1 heterocycles. The average molecular weight is 261 g/mol. The van der Waals surface area contributed by atoms with Crippen LogP contribution in [0.1, 0.15) is 12.5 Å². The van der Waals surface area contributed by atoms with Crippen LogP contribution < -0.4 is 10.2 Å². The van der Waals surface area contributed by atoms with Gasteiger partial charge in [0.25, 0.3) is 5.92 Å². The van der Waals surface area contributed by atoms with Crippen molar-refractivity contribution in [1.82, 2.24) is 5.32 Å². The molecule has 0 atom stereocenters. The monoisotopic (exact) mass is 260 g/mol. The van der Waals surface area contributed by atoms with Crippen molar-refractivity contribution in [2.24, 2.45) is 0 Å². The molecular weight excluding hydrogens is 246 g/mol. The Morgan fingerprint density at radius 3 is 2.53 bits per heavy atom. The normalized spacial score (nSPS) is 17.3. The molecule has 0 aromatic heterocycles. The maximum absolute atomic E-state index is 13.3. The van der Waals surface area contributed by atoms with Crippen LogP contribution in [0.4, 0.5) is 14.5 Å². The van der Waals surface area contributed by atoms with E-state index in [2.05, 4.69) is 10.2 Å². The molecule has 2 rings (SSSR count). The summed E-state index contributed by atoms with van der Waals surface area (Å²) in [6.45, 7) is 4.28. The number of nitrogens with zero attached hydrogens (tertiary/aromatic N) is 1. The molecule has 0 saturated carbocycles. The molecule has 1 saturated heterocycles. The van der Waals surface area contributed by atoms with E-state index < -0.39 is 5.92 Å². The molecule has 94 valence electrons. The molecule has 0 aliphatic carbocycles. The molecule has 5 heteroatoms. The summed E-state index contributed by atoms with van der Waals surface area (Å²) in [6, 6.07) is 4.84. The fourth-order valence-electron chi connectivity index (χ4n) is 1.97. The molecule has 0 spiro atoms. The quantitative estimate of drug-likeness (QED) is 0.880. The predicted octanol–water partition coefficient (Wildman–Crippen LogP) is 2.86. The Labute approximate surface area is 105 Å². The Kier molecular flexibility index (Phi) is 3.54. The van der Waals surface area contributed by atoms with Crippen molar-refractivity contribution >= 4 is 17.3 Å². The van der Waals surface area contributed by atoms with Gasteiger partial charge in [-0.15, -0.1) is 0 Å². The lowest BCUT2D eigenvalue weighted by molar-refractivity contribution is 0.0176. The highest BCUT2D eigenvalue weighted by Gasteiger charge is 2.28. The number of halogens is 3. The molecule has 1 fully saturated rings. The molecule has 1 aromatic carbocycles. The third-order valence-corrected chi connectivity index (χ3v) is 3.23. The highest BCUT2D eigenvalue weighted by molar-refractivity contribution is 6.31. The van der Waals surface area contributed by atoms with Crippen molar-refractivity contribution in [3.63, 3.8) is 0 Å². The molecule has 17 heavy (non-hydrogen) atoms. The van der Waals surface area contributed by atoms with E-state index in [1.807, 2.05) is 0 Å². The van der Waals surface area contributed by atoms with Crippen LogP contribution in [0.5, 0.6) is 0 Å². The van der Waals surface area contributed by atoms with Gasteiger partial charge in [-0.05, 0) is 18.2 Å². The zero-order valence-electron chi connectivity index (χ0n) is 9.64.